The lowest BCUT2D eigenvalue weighted by Crippen LogP contribution is -2.22. The van der Waals surface area contributed by atoms with Crippen LogP contribution in [-0.2, 0) is 0 Å². The van der Waals surface area contributed by atoms with Crippen LogP contribution in [0.4, 0.5) is 4.39 Å². The number of aldehydes is 1. The van der Waals surface area contributed by atoms with Gasteiger partial charge < -0.3 is 10.0 Å². The third-order valence-electron chi connectivity index (χ3n) is 1.87. The van der Waals surface area contributed by atoms with Crippen LogP contribution in [0.3, 0.4) is 0 Å². The first kappa shape index (κ1) is 11.2. The van der Waals surface area contributed by atoms with Gasteiger partial charge in [0.2, 0.25) is 0 Å². The minimum absolute atomic E-state index is 0.0254. The number of aromatic hydroxyl groups is 1. The third kappa shape index (κ3) is 2.12. The van der Waals surface area contributed by atoms with Crippen molar-refractivity contribution < 1.29 is 19.1 Å². The molecule has 1 amide bonds. The average Bonchev–Trinajstić information content (AvgIpc) is 2.20. The van der Waals surface area contributed by atoms with Gasteiger partial charge in [-0.3, -0.25) is 9.59 Å². The fourth-order valence-electron chi connectivity index (χ4n) is 1.09. The van der Waals surface area contributed by atoms with Crippen LogP contribution in [0.5, 0.6) is 5.75 Å². The molecule has 0 saturated carbocycles. The summed E-state index contributed by atoms with van der Waals surface area (Å²) in [4.78, 5) is 23.2. The zero-order valence-electron chi connectivity index (χ0n) is 8.32. The highest BCUT2D eigenvalue weighted by molar-refractivity contribution is 5.96. The third-order valence-corrected chi connectivity index (χ3v) is 1.87. The van der Waals surface area contributed by atoms with Crippen molar-refractivity contribution in [2.24, 2.45) is 0 Å². The van der Waals surface area contributed by atoms with Crippen molar-refractivity contribution in [1.29, 1.82) is 0 Å². The molecule has 0 saturated heterocycles. The molecule has 0 unspecified atom stereocenters. The van der Waals surface area contributed by atoms with Crippen LogP contribution in [0, 0.1) is 5.82 Å². The van der Waals surface area contributed by atoms with Crippen LogP contribution in [0.15, 0.2) is 12.1 Å². The van der Waals surface area contributed by atoms with Crippen molar-refractivity contribution in [3.8, 4) is 5.75 Å². The quantitative estimate of drug-likeness (QED) is 0.744. The van der Waals surface area contributed by atoms with Crippen molar-refractivity contribution in [2.75, 3.05) is 14.1 Å². The SMILES string of the molecule is CN(C)C(=O)c1cc(F)c(O)c(C=O)c1. The minimum atomic E-state index is -0.982. The van der Waals surface area contributed by atoms with Gasteiger partial charge in [0, 0.05) is 19.7 Å². The van der Waals surface area contributed by atoms with Gasteiger partial charge in [0.1, 0.15) is 0 Å². The Bertz CT molecular complexity index is 415. The Balaban J connectivity index is 3.28. The molecule has 0 bridgehead atoms. The van der Waals surface area contributed by atoms with E-state index in [4.69, 9.17) is 5.11 Å². The Morgan fingerprint density at radius 1 is 1.47 bits per heavy atom. The minimum Gasteiger partial charge on any atom is -0.504 e. The summed E-state index contributed by atoms with van der Waals surface area (Å²) >= 11 is 0. The smallest absolute Gasteiger partial charge is 0.253 e. The Morgan fingerprint density at radius 2 is 2.07 bits per heavy atom. The lowest BCUT2D eigenvalue weighted by Gasteiger charge is -2.11. The van der Waals surface area contributed by atoms with Gasteiger partial charge in [-0.1, -0.05) is 0 Å². The molecule has 0 atom stereocenters. The molecule has 1 aromatic carbocycles. The molecule has 0 fully saturated rings. The topological polar surface area (TPSA) is 57.6 Å². The molecule has 0 heterocycles. The molecule has 80 valence electrons. The number of amides is 1. The first-order valence-corrected chi connectivity index (χ1v) is 4.16. The van der Waals surface area contributed by atoms with E-state index >= 15 is 0 Å². The van der Waals surface area contributed by atoms with E-state index in [0.29, 0.717) is 6.29 Å². The number of benzene rings is 1. The van der Waals surface area contributed by atoms with Gasteiger partial charge in [-0.25, -0.2) is 4.39 Å². The Kier molecular flexibility index (Phi) is 3.04. The standard InChI is InChI=1S/C10H10FNO3/c1-12(2)10(15)6-3-7(5-13)9(14)8(11)4-6/h3-5,14H,1-2H3. The van der Waals surface area contributed by atoms with E-state index in [2.05, 4.69) is 0 Å². The number of phenols is 1. The van der Waals surface area contributed by atoms with Gasteiger partial charge in [0.05, 0.1) is 5.56 Å². The second-order valence-electron chi connectivity index (χ2n) is 3.21. The molecule has 4 nitrogen and oxygen atoms in total. The van der Waals surface area contributed by atoms with Crippen LogP contribution in [0.2, 0.25) is 0 Å². The molecular formula is C10H10FNO3. The Labute approximate surface area is 85.9 Å². The molecule has 0 aliphatic carbocycles. The normalized spacial score (nSPS) is 9.80. The number of hydrogen-bond acceptors (Lipinski definition) is 3. The number of carbonyl (C=O) groups is 2. The number of hydrogen-bond donors (Lipinski definition) is 1. The lowest BCUT2D eigenvalue weighted by molar-refractivity contribution is 0.0827. The van der Waals surface area contributed by atoms with E-state index < -0.39 is 17.5 Å². The van der Waals surface area contributed by atoms with E-state index in [1.807, 2.05) is 0 Å². The fraction of sp³-hybridized carbons (Fsp3) is 0.200. The van der Waals surface area contributed by atoms with Gasteiger partial charge in [-0.05, 0) is 12.1 Å². The number of rotatable bonds is 2. The lowest BCUT2D eigenvalue weighted by atomic mass is 10.1. The molecule has 5 heteroatoms. The van der Waals surface area contributed by atoms with Crippen molar-refractivity contribution in [3.63, 3.8) is 0 Å². The van der Waals surface area contributed by atoms with E-state index in [9.17, 15) is 14.0 Å². The predicted octanol–water partition coefficient (Wildman–Crippen LogP) is 1.05. The Hall–Kier alpha value is -1.91. The second kappa shape index (κ2) is 4.08. The zero-order valence-corrected chi connectivity index (χ0v) is 8.32. The molecule has 0 spiro atoms. The fourth-order valence-corrected chi connectivity index (χ4v) is 1.09. The summed E-state index contributed by atoms with van der Waals surface area (Å²) in [7, 11) is 3.02. The number of carbonyl (C=O) groups excluding carboxylic acids is 2. The highest BCUT2D eigenvalue weighted by atomic mass is 19.1. The highest BCUT2D eigenvalue weighted by Gasteiger charge is 2.14. The first-order chi connectivity index (χ1) is 6.97. The summed E-state index contributed by atoms with van der Waals surface area (Å²) in [6.07, 6.45) is 0.296. The van der Waals surface area contributed by atoms with E-state index in [-0.39, 0.29) is 11.1 Å². The Morgan fingerprint density at radius 3 is 2.53 bits per heavy atom. The van der Waals surface area contributed by atoms with E-state index in [1.54, 1.807) is 0 Å². The molecule has 1 aromatic rings. The van der Waals surface area contributed by atoms with Gasteiger partial charge in [-0.2, -0.15) is 0 Å². The summed E-state index contributed by atoms with van der Waals surface area (Å²) in [5, 5.41) is 9.11. The van der Waals surface area contributed by atoms with Crippen molar-refractivity contribution in [1.82, 2.24) is 4.90 Å². The second-order valence-corrected chi connectivity index (χ2v) is 3.21. The molecule has 1 N–H and O–H groups in total. The monoisotopic (exact) mass is 211 g/mol. The molecule has 0 aromatic heterocycles. The average molecular weight is 211 g/mol. The van der Waals surface area contributed by atoms with Gasteiger partial charge in [-0.15, -0.1) is 0 Å². The highest BCUT2D eigenvalue weighted by Crippen LogP contribution is 2.22. The molecule has 15 heavy (non-hydrogen) atoms. The number of phenolic OH excluding ortho intramolecular Hbond substituents is 1. The summed E-state index contributed by atoms with van der Waals surface area (Å²) in [6, 6.07) is 2.04. The first-order valence-electron chi connectivity index (χ1n) is 4.16. The summed E-state index contributed by atoms with van der Waals surface area (Å²) < 4.78 is 13.1. The predicted molar refractivity (Wildman–Crippen MR) is 51.5 cm³/mol. The van der Waals surface area contributed by atoms with E-state index in [0.717, 1.165) is 12.1 Å². The van der Waals surface area contributed by atoms with Crippen molar-refractivity contribution >= 4 is 12.2 Å². The van der Waals surface area contributed by atoms with Crippen molar-refractivity contribution in [2.45, 2.75) is 0 Å². The molecule has 0 aliphatic rings. The largest absolute Gasteiger partial charge is 0.504 e. The summed E-state index contributed by atoms with van der Waals surface area (Å²) in [6.45, 7) is 0. The van der Waals surface area contributed by atoms with Crippen molar-refractivity contribution in [3.05, 3.63) is 29.1 Å². The van der Waals surface area contributed by atoms with E-state index in [1.165, 1.54) is 19.0 Å². The van der Waals surface area contributed by atoms with Gasteiger partial charge in [0.15, 0.2) is 17.9 Å². The van der Waals surface area contributed by atoms with Gasteiger partial charge in [0.25, 0.3) is 5.91 Å². The van der Waals surface area contributed by atoms with Crippen LogP contribution >= 0.6 is 0 Å². The molecular weight excluding hydrogens is 201 g/mol. The van der Waals surface area contributed by atoms with Gasteiger partial charge >= 0.3 is 0 Å². The number of nitrogens with zero attached hydrogens (tertiary/aromatic N) is 1. The molecule has 0 aliphatic heterocycles. The summed E-state index contributed by atoms with van der Waals surface area (Å²) in [5.41, 5.74) is -0.211. The maximum Gasteiger partial charge on any atom is 0.253 e. The van der Waals surface area contributed by atoms with Crippen LogP contribution in [0.1, 0.15) is 20.7 Å². The maximum atomic E-state index is 13.1. The molecule has 1 rings (SSSR count). The zero-order chi connectivity index (χ0) is 11.6. The van der Waals surface area contributed by atoms with Crippen LogP contribution in [0.25, 0.3) is 0 Å². The molecule has 0 radical (unpaired) electrons. The maximum absolute atomic E-state index is 13.1. The van der Waals surface area contributed by atoms with Crippen LogP contribution in [-0.4, -0.2) is 36.3 Å². The van der Waals surface area contributed by atoms with Crippen LogP contribution < -0.4 is 0 Å². The number of halogens is 1. The summed E-state index contributed by atoms with van der Waals surface area (Å²) in [5.74, 6) is -2.15.